The zero-order valence-electron chi connectivity index (χ0n) is 11.1. The van der Waals surface area contributed by atoms with E-state index in [4.69, 9.17) is 5.11 Å². The number of hydrogen-bond donors (Lipinski definition) is 1. The Kier molecular flexibility index (Phi) is 3.24. The summed E-state index contributed by atoms with van der Waals surface area (Å²) in [6, 6.07) is 1.38. The van der Waals surface area contributed by atoms with E-state index >= 15 is 0 Å². The standard InChI is InChI=1S/C12H12F2N4O2/c1-12(2,3)11-15-16-17-18(11)9-4-6(10(19)20)7(13)5-8(9)14/h4-5H,1-3H3,(H,19,20). The number of aromatic carboxylic acids is 1. The van der Waals surface area contributed by atoms with E-state index in [1.807, 2.05) is 20.8 Å². The molecule has 2 aromatic rings. The first kappa shape index (κ1) is 14.0. The van der Waals surface area contributed by atoms with E-state index in [0.29, 0.717) is 11.9 Å². The number of carboxylic acid groups (broad SMARTS) is 1. The number of halogens is 2. The van der Waals surface area contributed by atoms with Crippen molar-refractivity contribution < 1.29 is 18.7 Å². The maximum Gasteiger partial charge on any atom is 0.338 e. The molecule has 2 rings (SSSR count). The average Bonchev–Trinajstić information content (AvgIpc) is 2.76. The molecule has 0 saturated carbocycles. The zero-order valence-corrected chi connectivity index (χ0v) is 11.1. The molecule has 0 radical (unpaired) electrons. The van der Waals surface area contributed by atoms with E-state index in [1.165, 1.54) is 0 Å². The number of nitrogens with zero attached hydrogens (tertiary/aromatic N) is 4. The van der Waals surface area contributed by atoms with Crippen LogP contribution in [0.25, 0.3) is 5.69 Å². The fourth-order valence-electron chi connectivity index (χ4n) is 1.68. The number of carboxylic acids is 1. The highest BCUT2D eigenvalue weighted by atomic mass is 19.1. The maximum absolute atomic E-state index is 13.9. The summed E-state index contributed by atoms with van der Waals surface area (Å²) >= 11 is 0. The van der Waals surface area contributed by atoms with Crippen molar-refractivity contribution in [3.05, 3.63) is 35.2 Å². The van der Waals surface area contributed by atoms with Crippen LogP contribution in [-0.4, -0.2) is 31.3 Å². The van der Waals surface area contributed by atoms with Gasteiger partial charge in [-0.2, -0.15) is 4.68 Å². The minimum Gasteiger partial charge on any atom is -0.478 e. The normalized spacial score (nSPS) is 11.7. The number of benzene rings is 1. The number of aromatic nitrogens is 4. The Morgan fingerprint density at radius 3 is 2.45 bits per heavy atom. The maximum atomic E-state index is 13.9. The molecule has 0 amide bonds. The topological polar surface area (TPSA) is 80.9 Å². The Hall–Kier alpha value is -2.38. The van der Waals surface area contributed by atoms with Crippen LogP contribution < -0.4 is 0 Å². The molecular weight excluding hydrogens is 270 g/mol. The quantitative estimate of drug-likeness (QED) is 0.910. The lowest BCUT2D eigenvalue weighted by atomic mass is 9.95. The van der Waals surface area contributed by atoms with Gasteiger partial charge in [0, 0.05) is 11.5 Å². The lowest BCUT2D eigenvalue weighted by Gasteiger charge is -2.17. The molecule has 1 aromatic carbocycles. The molecule has 0 fully saturated rings. The molecule has 0 unspecified atom stereocenters. The second-order valence-corrected chi connectivity index (χ2v) is 5.25. The molecule has 6 nitrogen and oxygen atoms in total. The van der Waals surface area contributed by atoms with Gasteiger partial charge in [-0.25, -0.2) is 13.6 Å². The van der Waals surface area contributed by atoms with Gasteiger partial charge >= 0.3 is 5.97 Å². The van der Waals surface area contributed by atoms with Crippen LogP contribution in [0, 0.1) is 11.6 Å². The monoisotopic (exact) mass is 282 g/mol. The van der Waals surface area contributed by atoms with Crippen LogP contribution in [0.1, 0.15) is 37.0 Å². The Labute approximate surface area is 113 Å². The molecule has 20 heavy (non-hydrogen) atoms. The van der Waals surface area contributed by atoms with Crippen LogP contribution in [0.15, 0.2) is 12.1 Å². The second kappa shape index (κ2) is 4.62. The van der Waals surface area contributed by atoms with Crippen LogP contribution in [0.4, 0.5) is 8.78 Å². The van der Waals surface area contributed by atoms with Gasteiger partial charge in [-0.15, -0.1) is 5.10 Å². The van der Waals surface area contributed by atoms with Gasteiger partial charge in [0.05, 0.1) is 5.56 Å². The molecule has 8 heteroatoms. The summed E-state index contributed by atoms with van der Waals surface area (Å²) in [4.78, 5) is 10.9. The first-order valence-electron chi connectivity index (χ1n) is 5.73. The molecule has 106 valence electrons. The Bertz CT molecular complexity index is 677. The summed E-state index contributed by atoms with van der Waals surface area (Å²) in [5, 5.41) is 19.8. The smallest absolute Gasteiger partial charge is 0.338 e. The van der Waals surface area contributed by atoms with Crippen molar-refractivity contribution in [2.75, 3.05) is 0 Å². The molecule has 0 atom stereocenters. The van der Waals surface area contributed by atoms with Crippen molar-refractivity contribution >= 4 is 5.97 Å². The van der Waals surface area contributed by atoms with Gasteiger partial charge in [0.2, 0.25) is 0 Å². The van der Waals surface area contributed by atoms with Crippen molar-refractivity contribution in [3.63, 3.8) is 0 Å². The first-order chi connectivity index (χ1) is 9.21. The third-order valence-corrected chi connectivity index (χ3v) is 2.64. The van der Waals surface area contributed by atoms with Gasteiger partial charge < -0.3 is 5.11 Å². The van der Waals surface area contributed by atoms with Crippen LogP contribution >= 0.6 is 0 Å². The largest absolute Gasteiger partial charge is 0.478 e. The van der Waals surface area contributed by atoms with Crippen LogP contribution in [0.5, 0.6) is 0 Å². The number of carbonyl (C=O) groups is 1. The van der Waals surface area contributed by atoms with Crippen LogP contribution in [0.2, 0.25) is 0 Å². The van der Waals surface area contributed by atoms with Gasteiger partial charge in [-0.1, -0.05) is 20.8 Å². The summed E-state index contributed by atoms with van der Waals surface area (Å²) in [6.07, 6.45) is 0. The van der Waals surface area contributed by atoms with E-state index < -0.39 is 28.6 Å². The summed E-state index contributed by atoms with van der Waals surface area (Å²) in [5.41, 5.74) is -1.34. The van der Waals surface area contributed by atoms with Gasteiger partial charge in [-0.3, -0.25) is 0 Å². The van der Waals surface area contributed by atoms with E-state index in [-0.39, 0.29) is 5.69 Å². The van der Waals surface area contributed by atoms with E-state index in [1.54, 1.807) is 0 Å². The minimum absolute atomic E-state index is 0.210. The summed E-state index contributed by atoms with van der Waals surface area (Å²) < 4.78 is 28.3. The number of tetrazole rings is 1. The average molecular weight is 282 g/mol. The SMILES string of the molecule is CC(C)(C)c1nnnn1-c1cc(C(=O)O)c(F)cc1F. The van der Waals surface area contributed by atoms with Gasteiger partial charge in [0.1, 0.15) is 11.5 Å². The summed E-state index contributed by atoms with van der Waals surface area (Å²) in [6.45, 7) is 5.44. The Morgan fingerprint density at radius 1 is 1.25 bits per heavy atom. The highest BCUT2D eigenvalue weighted by Crippen LogP contribution is 2.24. The Morgan fingerprint density at radius 2 is 1.90 bits per heavy atom. The molecule has 0 aliphatic rings. The van der Waals surface area contributed by atoms with E-state index in [9.17, 15) is 13.6 Å². The fourth-order valence-corrected chi connectivity index (χ4v) is 1.68. The fraction of sp³-hybridized carbons (Fsp3) is 0.333. The number of hydrogen-bond acceptors (Lipinski definition) is 4. The van der Waals surface area contributed by atoms with Gasteiger partial charge in [0.25, 0.3) is 0 Å². The predicted octanol–water partition coefficient (Wildman–Crippen LogP) is 1.94. The zero-order chi connectivity index (χ0) is 15.1. The second-order valence-electron chi connectivity index (χ2n) is 5.25. The highest BCUT2D eigenvalue weighted by molar-refractivity contribution is 5.88. The summed E-state index contributed by atoms with van der Waals surface area (Å²) in [5.74, 6) is -3.25. The van der Waals surface area contributed by atoms with Crippen molar-refractivity contribution in [1.82, 2.24) is 20.2 Å². The lowest BCUT2D eigenvalue weighted by Crippen LogP contribution is -2.20. The lowest BCUT2D eigenvalue weighted by molar-refractivity contribution is 0.0691. The molecule has 0 bridgehead atoms. The third kappa shape index (κ3) is 2.36. The summed E-state index contributed by atoms with van der Waals surface area (Å²) in [7, 11) is 0. The molecule has 1 N–H and O–H groups in total. The highest BCUT2D eigenvalue weighted by Gasteiger charge is 2.25. The number of rotatable bonds is 2. The van der Waals surface area contributed by atoms with Crippen molar-refractivity contribution in [1.29, 1.82) is 0 Å². The first-order valence-corrected chi connectivity index (χ1v) is 5.73. The van der Waals surface area contributed by atoms with Gasteiger partial charge in [0.15, 0.2) is 11.6 Å². The molecule has 0 aliphatic heterocycles. The molecule has 0 aliphatic carbocycles. The molecule has 1 heterocycles. The minimum atomic E-state index is -1.49. The van der Waals surface area contributed by atoms with Crippen LogP contribution in [0.3, 0.4) is 0 Å². The van der Waals surface area contributed by atoms with Crippen molar-refractivity contribution in [2.24, 2.45) is 0 Å². The van der Waals surface area contributed by atoms with Crippen molar-refractivity contribution in [2.45, 2.75) is 26.2 Å². The third-order valence-electron chi connectivity index (χ3n) is 2.64. The molecule has 0 spiro atoms. The van der Waals surface area contributed by atoms with E-state index in [0.717, 1.165) is 10.7 Å². The molecular formula is C12H12F2N4O2. The predicted molar refractivity (Wildman–Crippen MR) is 64.7 cm³/mol. The van der Waals surface area contributed by atoms with Crippen LogP contribution in [-0.2, 0) is 5.41 Å². The Balaban J connectivity index is 2.68. The molecule has 1 aromatic heterocycles. The van der Waals surface area contributed by atoms with Crippen molar-refractivity contribution in [3.8, 4) is 5.69 Å². The van der Waals surface area contributed by atoms with E-state index in [2.05, 4.69) is 15.5 Å². The molecule has 0 saturated heterocycles. The van der Waals surface area contributed by atoms with Gasteiger partial charge in [-0.05, 0) is 16.5 Å².